The van der Waals surface area contributed by atoms with Gasteiger partial charge in [0.05, 0.1) is 7.11 Å². The maximum Gasteiger partial charge on any atom is 0.122 e. The standard InChI is InChI=1S/C15H22BrNO/c1-11-4-3-5-12(6-11)10-17-14-7-13(16)8-15(9-14)18-2/h7-9,11-12,17H,3-6,10H2,1-2H3. The van der Waals surface area contributed by atoms with Crippen LogP contribution in [0.25, 0.3) is 0 Å². The van der Waals surface area contributed by atoms with Gasteiger partial charge in [-0.05, 0) is 36.8 Å². The van der Waals surface area contributed by atoms with Crippen molar-refractivity contribution >= 4 is 21.6 Å². The van der Waals surface area contributed by atoms with E-state index < -0.39 is 0 Å². The maximum absolute atomic E-state index is 5.27. The highest BCUT2D eigenvalue weighted by atomic mass is 79.9. The van der Waals surface area contributed by atoms with Gasteiger partial charge in [0, 0.05) is 22.8 Å². The Morgan fingerprint density at radius 2 is 2.17 bits per heavy atom. The van der Waals surface area contributed by atoms with Crippen LogP contribution in [-0.4, -0.2) is 13.7 Å². The molecule has 1 saturated carbocycles. The van der Waals surface area contributed by atoms with E-state index >= 15 is 0 Å². The Labute approximate surface area is 118 Å². The predicted molar refractivity (Wildman–Crippen MR) is 80.3 cm³/mol. The number of benzene rings is 1. The first kappa shape index (κ1) is 13.7. The van der Waals surface area contributed by atoms with Crippen molar-refractivity contribution in [1.29, 1.82) is 0 Å². The Bertz CT molecular complexity index is 394. The van der Waals surface area contributed by atoms with Crippen LogP contribution >= 0.6 is 15.9 Å². The molecule has 1 fully saturated rings. The molecule has 18 heavy (non-hydrogen) atoms. The van der Waals surface area contributed by atoms with Crippen LogP contribution in [-0.2, 0) is 0 Å². The third-order valence-electron chi connectivity index (χ3n) is 3.75. The molecule has 3 heteroatoms. The van der Waals surface area contributed by atoms with Gasteiger partial charge in [0.25, 0.3) is 0 Å². The summed E-state index contributed by atoms with van der Waals surface area (Å²) in [6.07, 6.45) is 5.51. The lowest BCUT2D eigenvalue weighted by Gasteiger charge is -2.27. The molecule has 0 heterocycles. The zero-order chi connectivity index (χ0) is 13.0. The summed E-state index contributed by atoms with van der Waals surface area (Å²) in [4.78, 5) is 0. The van der Waals surface area contributed by atoms with Crippen molar-refractivity contribution in [3.8, 4) is 5.75 Å². The zero-order valence-electron chi connectivity index (χ0n) is 11.2. The lowest BCUT2D eigenvalue weighted by molar-refractivity contribution is 0.293. The molecule has 2 rings (SSSR count). The number of hydrogen-bond donors (Lipinski definition) is 1. The monoisotopic (exact) mass is 311 g/mol. The Morgan fingerprint density at radius 3 is 2.89 bits per heavy atom. The topological polar surface area (TPSA) is 21.3 Å². The third-order valence-corrected chi connectivity index (χ3v) is 4.20. The molecule has 0 saturated heterocycles. The quantitative estimate of drug-likeness (QED) is 0.870. The number of nitrogens with one attached hydrogen (secondary N) is 1. The number of hydrogen-bond acceptors (Lipinski definition) is 2. The van der Waals surface area contributed by atoms with E-state index in [1.807, 2.05) is 6.07 Å². The molecule has 2 unspecified atom stereocenters. The fraction of sp³-hybridized carbons (Fsp3) is 0.600. The van der Waals surface area contributed by atoms with Gasteiger partial charge in [-0.25, -0.2) is 0 Å². The van der Waals surface area contributed by atoms with Crippen molar-refractivity contribution in [3.63, 3.8) is 0 Å². The molecule has 1 aliphatic rings. The first-order valence-corrected chi connectivity index (χ1v) is 7.55. The van der Waals surface area contributed by atoms with Crippen molar-refractivity contribution in [3.05, 3.63) is 22.7 Å². The van der Waals surface area contributed by atoms with E-state index in [4.69, 9.17) is 4.74 Å². The SMILES string of the molecule is COc1cc(Br)cc(NCC2CCCC(C)C2)c1. The highest BCUT2D eigenvalue weighted by Crippen LogP contribution is 2.30. The molecule has 2 nitrogen and oxygen atoms in total. The van der Waals surface area contributed by atoms with Gasteiger partial charge in [-0.15, -0.1) is 0 Å². The van der Waals surface area contributed by atoms with Crippen LogP contribution in [0.3, 0.4) is 0 Å². The summed E-state index contributed by atoms with van der Waals surface area (Å²) in [5.74, 6) is 2.60. The lowest BCUT2D eigenvalue weighted by Crippen LogP contribution is -2.21. The Balaban J connectivity index is 1.91. The smallest absolute Gasteiger partial charge is 0.122 e. The summed E-state index contributed by atoms with van der Waals surface area (Å²) >= 11 is 3.51. The van der Waals surface area contributed by atoms with E-state index in [-0.39, 0.29) is 0 Å². The van der Waals surface area contributed by atoms with Crippen LogP contribution in [0.4, 0.5) is 5.69 Å². The molecule has 0 amide bonds. The Kier molecular flexibility index (Phi) is 4.93. The molecule has 0 radical (unpaired) electrons. The van der Waals surface area contributed by atoms with Crippen molar-refractivity contribution < 1.29 is 4.74 Å². The van der Waals surface area contributed by atoms with Gasteiger partial charge in [-0.2, -0.15) is 0 Å². The fourth-order valence-corrected chi connectivity index (χ4v) is 3.26. The van der Waals surface area contributed by atoms with Crippen LogP contribution in [0, 0.1) is 11.8 Å². The predicted octanol–water partition coefficient (Wildman–Crippen LogP) is 4.70. The van der Waals surface area contributed by atoms with Crippen molar-refractivity contribution in [2.45, 2.75) is 32.6 Å². The summed E-state index contributed by atoms with van der Waals surface area (Å²) in [5.41, 5.74) is 1.14. The Morgan fingerprint density at radius 1 is 1.33 bits per heavy atom. The average molecular weight is 312 g/mol. The summed E-state index contributed by atoms with van der Waals surface area (Å²) in [7, 11) is 1.70. The highest BCUT2D eigenvalue weighted by Gasteiger charge is 2.18. The van der Waals surface area contributed by atoms with Crippen LogP contribution in [0.1, 0.15) is 32.6 Å². The summed E-state index contributed by atoms with van der Waals surface area (Å²) in [5, 5.41) is 3.54. The van der Waals surface area contributed by atoms with Gasteiger partial charge >= 0.3 is 0 Å². The number of ether oxygens (including phenoxy) is 1. The summed E-state index contributed by atoms with van der Waals surface area (Å²) in [6, 6.07) is 6.14. The van der Waals surface area contributed by atoms with Crippen LogP contribution in [0.2, 0.25) is 0 Å². The van der Waals surface area contributed by atoms with Gasteiger partial charge in [-0.1, -0.05) is 35.7 Å². The fourth-order valence-electron chi connectivity index (χ4n) is 2.79. The zero-order valence-corrected chi connectivity index (χ0v) is 12.8. The lowest BCUT2D eigenvalue weighted by atomic mass is 9.82. The van der Waals surface area contributed by atoms with Gasteiger partial charge in [0.1, 0.15) is 5.75 Å². The Hall–Kier alpha value is -0.700. The number of methoxy groups -OCH3 is 1. The summed E-state index contributed by atoms with van der Waals surface area (Å²) in [6.45, 7) is 3.44. The molecule has 1 aromatic carbocycles. The molecule has 100 valence electrons. The minimum atomic E-state index is 0.818. The average Bonchev–Trinajstić information content (AvgIpc) is 2.36. The third kappa shape index (κ3) is 3.91. The molecular formula is C15H22BrNO. The summed E-state index contributed by atoms with van der Waals surface area (Å²) < 4.78 is 6.33. The first-order valence-electron chi connectivity index (χ1n) is 6.76. The molecule has 1 aliphatic carbocycles. The molecule has 1 N–H and O–H groups in total. The van der Waals surface area contributed by atoms with Gasteiger partial charge in [-0.3, -0.25) is 0 Å². The second-order valence-corrected chi connectivity index (χ2v) is 6.31. The van der Waals surface area contributed by atoms with E-state index in [1.54, 1.807) is 7.11 Å². The van der Waals surface area contributed by atoms with E-state index in [1.165, 1.54) is 25.7 Å². The maximum atomic E-state index is 5.27. The number of rotatable bonds is 4. The van der Waals surface area contributed by atoms with Crippen LogP contribution < -0.4 is 10.1 Å². The van der Waals surface area contributed by atoms with Crippen molar-refractivity contribution in [2.75, 3.05) is 19.0 Å². The molecule has 0 bridgehead atoms. The van der Waals surface area contributed by atoms with E-state index in [9.17, 15) is 0 Å². The molecule has 2 atom stereocenters. The van der Waals surface area contributed by atoms with Crippen LogP contribution in [0.15, 0.2) is 22.7 Å². The first-order chi connectivity index (χ1) is 8.67. The largest absolute Gasteiger partial charge is 0.497 e. The highest BCUT2D eigenvalue weighted by molar-refractivity contribution is 9.10. The molecule has 0 aromatic heterocycles. The number of halogens is 1. The second kappa shape index (κ2) is 6.46. The van der Waals surface area contributed by atoms with Gasteiger partial charge in [0.15, 0.2) is 0 Å². The second-order valence-electron chi connectivity index (χ2n) is 5.40. The number of anilines is 1. The minimum Gasteiger partial charge on any atom is -0.497 e. The van der Waals surface area contributed by atoms with E-state index in [0.29, 0.717) is 0 Å². The normalized spacial score (nSPS) is 23.7. The van der Waals surface area contributed by atoms with Gasteiger partial charge in [0.2, 0.25) is 0 Å². The molecular weight excluding hydrogens is 290 g/mol. The van der Waals surface area contributed by atoms with Crippen LogP contribution in [0.5, 0.6) is 5.75 Å². The molecule has 1 aromatic rings. The molecule has 0 aliphatic heterocycles. The van der Waals surface area contributed by atoms with E-state index in [0.717, 1.165) is 34.3 Å². The van der Waals surface area contributed by atoms with E-state index in [2.05, 4.69) is 40.3 Å². The minimum absolute atomic E-state index is 0.818. The van der Waals surface area contributed by atoms with Crippen molar-refractivity contribution in [2.24, 2.45) is 11.8 Å². The van der Waals surface area contributed by atoms with Gasteiger partial charge < -0.3 is 10.1 Å². The molecule has 0 spiro atoms. The van der Waals surface area contributed by atoms with Crippen molar-refractivity contribution in [1.82, 2.24) is 0 Å².